The first-order valence-electron chi connectivity index (χ1n) is 10.1. The average molecular weight is 473 g/mol. The Morgan fingerprint density at radius 1 is 1.15 bits per heavy atom. The van der Waals surface area contributed by atoms with E-state index in [1.165, 1.54) is 34.4 Å². The first-order valence-corrected chi connectivity index (χ1v) is 11.1. The van der Waals surface area contributed by atoms with Crippen LogP contribution in [0.2, 0.25) is 0 Å². The van der Waals surface area contributed by atoms with E-state index in [9.17, 15) is 19.7 Å². The lowest BCUT2D eigenvalue weighted by atomic mass is 10.0. The molecule has 4 aromatic rings. The standard InChI is InChI=1S/C23H13N4O6S/c28-21-12-34-18-7-4-13(9-15(18)24-21)23(19-11-22(29)26-8-2-1-3-20(26)25-19)32-16-6-5-14(27(30)31)10-17(16)33-23/h1-4,6-11H,12H2,(H,24,28). The molecule has 11 heteroatoms. The molecule has 1 radical (unpaired) electrons. The van der Waals surface area contributed by atoms with Gasteiger partial charge in [0, 0.05) is 22.7 Å². The molecule has 0 spiro atoms. The number of nitro groups is 1. The Balaban J connectivity index is 1.57. The third kappa shape index (κ3) is 3.09. The van der Waals surface area contributed by atoms with Crippen LogP contribution in [-0.2, 0) is 10.6 Å². The van der Waals surface area contributed by atoms with Gasteiger partial charge in [0.15, 0.2) is 11.5 Å². The van der Waals surface area contributed by atoms with E-state index in [0.717, 1.165) is 4.90 Å². The number of anilines is 1. The van der Waals surface area contributed by atoms with Crippen molar-refractivity contribution in [2.75, 3.05) is 11.1 Å². The van der Waals surface area contributed by atoms with Crippen LogP contribution in [0.15, 0.2) is 70.5 Å². The molecule has 1 amide bonds. The van der Waals surface area contributed by atoms with Crippen molar-refractivity contribution in [3.8, 4) is 11.5 Å². The van der Waals surface area contributed by atoms with Crippen molar-refractivity contribution in [1.29, 1.82) is 0 Å². The number of hydrogen-bond donors (Lipinski definition) is 1. The normalized spacial score (nSPS) is 18.4. The number of aromatic nitrogens is 2. The molecular weight excluding hydrogens is 460 g/mol. The molecule has 4 heterocycles. The highest BCUT2D eigenvalue weighted by atomic mass is 32.2. The fourth-order valence-corrected chi connectivity index (χ4v) is 4.71. The number of nitrogens with zero attached hydrogens (tertiary/aromatic N) is 3. The van der Waals surface area contributed by atoms with E-state index in [1.807, 2.05) is 6.07 Å². The number of hydrogen-bond acceptors (Lipinski definition) is 8. The summed E-state index contributed by atoms with van der Waals surface area (Å²) >= 11 is 1.40. The number of amides is 1. The van der Waals surface area contributed by atoms with Crippen molar-refractivity contribution in [3.63, 3.8) is 0 Å². The maximum atomic E-state index is 12.9. The summed E-state index contributed by atoms with van der Waals surface area (Å²) in [6.45, 7) is 0. The topological polar surface area (TPSA) is 125 Å². The molecule has 0 aliphatic carbocycles. The summed E-state index contributed by atoms with van der Waals surface area (Å²) in [6, 6.07) is 16.8. The Morgan fingerprint density at radius 2 is 2.00 bits per heavy atom. The van der Waals surface area contributed by atoms with E-state index >= 15 is 0 Å². The largest absolute Gasteiger partial charge is 0.439 e. The lowest BCUT2D eigenvalue weighted by molar-refractivity contribution is -0.385. The van der Waals surface area contributed by atoms with Crippen molar-refractivity contribution in [3.05, 3.63) is 98.6 Å². The maximum Gasteiger partial charge on any atom is 0.323 e. The molecule has 1 unspecified atom stereocenters. The molecule has 10 nitrogen and oxygen atoms in total. The van der Waals surface area contributed by atoms with Gasteiger partial charge in [-0.25, -0.2) is 4.98 Å². The zero-order valence-corrected chi connectivity index (χ0v) is 18.0. The highest BCUT2D eigenvalue weighted by molar-refractivity contribution is 8.00. The third-order valence-electron chi connectivity index (χ3n) is 5.47. The lowest BCUT2D eigenvalue weighted by Gasteiger charge is -2.29. The van der Waals surface area contributed by atoms with Crippen molar-refractivity contribution >= 4 is 34.7 Å². The predicted molar refractivity (Wildman–Crippen MR) is 121 cm³/mol. The summed E-state index contributed by atoms with van der Waals surface area (Å²) in [7, 11) is 0. The van der Waals surface area contributed by atoms with Crippen LogP contribution in [0.4, 0.5) is 11.4 Å². The van der Waals surface area contributed by atoms with Gasteiger partial charge in [0.1, 0.15) is 11.3 Å². The number of non-ortho nitro benzene ring substituents is 1. The molecule has 0 bridgehead atoms. The number of rotatable bonds is 3. The molecule has 2 aromatic heterocycles. The number of benzene rings is 2. The predicted octanol–water partition coefficient (Wildman–Crippen LogP) is 3.12. The van der Waals surface area contributed by atoms with Crippen LogP contribution in [0.1, 0.15) is 11.3 Å². The van der Waals surface area contributed by atoms with Crippen molar-refractivity contribution in [1.82, 2.24) is 9.38 Å². The third-order valence-corrected chi connectivity index (χ3v) is 6.54. The smallest absolute Gasteiger partial charge is 0.323 e. The first-order chi connectivity index (χ1) is 16.4. The van der Waals surface area contributed by atoms with Gasteiger partial charge in [0.2, 0.25) is 5.91 Å². The number of ether oxygens (including phenoxy) is 2. The molecule has 6 rings (SSSR count). The van der Waals surface area contributed by atoms with Crippen LogP contribution in [0.3, 0.4) is 0 Å². The highest BCUT2D eigenvalue weighted by Gasteiger charge is 2.48. The summed E-state index contributed by atoms with van der Waals surface area (Å²) in [6.07, 6.45) is 1.59. The van der Waals surface area contributed by atoms with Gasteiger partial charge in [0.25, 0.3) is 11.2 Å². The molecule has 1 N–H and O–H groups in total. The fraction of sp³-hybridized carbons (Fsp3) is 0.0870. The molecule has 0 saturated heterocycles. The Labute approximate surface area is 195 Å². The minimum Gasteiger partial charge on any atom is -0.439 e. The van der Waals surface area contributed by atoms with Crippen LogP contribution in [0, 0.1) is 16.2 Å². The van der Waals surface area contributed by atoms with Gasteiger partial charge in [-0.1, -0.05) is 6.07 Å². The van der Waals surface area contributed by atoms with E-state index in [-0.39, 0.29) is 34.3 Å². The van der Waals surface area contributed by atoms with Gasteiger partial charge in [-0.05, 0) is 36.4 Å². The molecular formula is C23H13N4O6S. The van der Waals surface area contributed by atoms with E-state index in [4.69, 9.17) is 9.47 Å². The molecule has 1 atom stereocenters. The van der Waals surface area contributed by atoms with Crippen molar-refractivity contribution in [2.24, 2.45) is 0 Å². The highest BCUT2D eigenvalue weighted by Crippen LogP contribution is 2.49. The van der Waals surface area contributed by atoms with E-state index < -0.39 is 10.7 Å². The van der Waals surface area contributed by atoms with Gasteiger partial charge in [-0.15, -0.1) is 11.8 Å². The number of fused-ring (bicyclic) bond motifs is 3. The second-order valence-corrected chi connectivity index (χ2v) is 8.60. The number of thioether (sulfide) groups is 1. The number of carbonyl (C=O) groups is 1. The summed E-state index contributed by atoms with van der Waals surface area (Å²) in [5.41, 5.74) is 0.877. The van der Waals surface area contributed by atoms with Crippen LogP contribution in [0.5, 0.6) is 11.5 Å². The molecule has 0 fully saturated rings. The van der Waals surface area contributed by atoms with Crippen LogP contribution < -0.4 is 20.3 Å². The maximum absolute atomic E-state index is 12.9. The van der Waals surface area contributed by atoms with Crippen molar-refractivity contribution in [2.45, 2.75) is 10.7 Å². The summed E-state index contributed by atoms with van der Waals surface area (Å²) in [5.74, 6) is -1.25. The van der Waals surface area contributed by atoms with Gasteiger partial charge < -0.3 is 14.8 Å². The van der Waals surface area contributed by atoms with Crippen LogP contribution >= 0.6 is 11.8 Å². The van der Waals surface area contributed by atoms with E-state index in [1.54, 1.807) is 36.5 Å². The molecule has 2 aliphatic rings. The molecule has 0 saturated carbocycles. The van der Waals surface area contributed by atoms with Gasteiger partial charge >= 0.3 is 5.79 Å². The zero-order valence-electron chi connectivity index (χ0n) is 17.2. The lowest BCUT2D eigenvalue weighted by Crippen LogP contribution is -2.39. The Bertz CT molecular complexity index is 1590. The van der Waals surface area contributed by atoms with Gasteiger partial charge in [-0.3, -0.25) is 24.1 Å². The number of nitrogens with one attached hydrogen (secondary N) is 1. The van der Waals surface area contributed by atoms with E-state index in [0.29, 0.717) is 22.7 Å². The SMILES string of the molecule is O=C1CSc2ccc(C3(c4cc(=O)n5ccccc5n4)Oc4c[c]c([N+](=O)[O-])cc4O3)cc2N1. The number of carbonyl (C=O) groups excluding carboxylic acids is 1. The summed E-state index contributed by atoms with van der Waals surface area (Å²) < 4.78 is 13.8. The molecule has 2 aromatic carbocycles. The fourth-order valence-electron chi connectivity index (χ4n) is 3.92. The molecule has 2 aliphatic heterocycles. The van der Waals surface area contributed by atoms with E-state index in [2.05, 4.69) is 16.4 Å². The minimum atomic E-state index is -1.73. The average Bonchev–Trinajstić information content (AvgIpc) is 3.23. The van der Waals surface area contributed by atoms with Crippen molar-refractivity contribution < 1.29 is 19.2 Å². The summed E-state index contributed by atoms with van der Waals surface area (Å²) in [4.78, 5) is 41.0. The second kappa shape index (κ2) is 7.32. The quantitative estimate of drug-likeness (QED) is 0.355. The Kier molecular flexibility index (Phi) is 4.36. The number of nitro benzene ring substituents is 1. The van der Waals surface area contributed by atoms with Crippen LogP contribution in [0.25, 0.3) is 5.65 Å². The first kappa shape index (κ1) is 20.2. The Morgan fingerprint density at radius 3 is 2.85 bits per heavy atom. The molecule has 167 valence electrons. The minimum absolute atomic E-state index is 0.108. The zero-order chi connectivity index (χ0) is 23.4. The van der Waals surface area contributed by atoms with Gasteiger partial charge in [0.05, 0.1) is 28.5 Å². The molecule has 34 heavy (non-hydrogen) atoms. The summed E-state index contributed by atoms with van der Waals surface area (Å²) in [5, 5.41) is 14.1. The van der Waals surface area contributed by atoms with Crippen LogP contribution in [-0.4, -0.2) is 26.0 Å². The number of pyridine rings is 1. The monoisotopic (exact) mass is 473 g/mol. The van der Waals surface area contributed by atoms with Gasteiger partial charge in [-0.2, -0.15) is 0 Å². The second-order valence-electron chi connectivity index (χ2n) is 7.58. The Hall–Kier alpha value is -4.38.